The van der Waals surface area contributed by atoms with Gasteiger partial charge >= 0.3 is 0 Å². The molecule has 0 aromatic heterocycles. The second-order valence-corrected chi connectivity index (χ2v) is 8.31. The Morgan fingerprint density at radius 1 is 0.964 bits per heavy atom. The highest BCUT2D eigenvalue weighted by atomic mass is 16.2. The number of fused-ring (bicyclic) bond motifs is 1. The van der Waals surface area contributed by atoms with Crippen LogP contribution in [0.4, 0.5) is 5.69 Å². The third kappa shape index (κ3) is 4.55. The number of benzene rings is 1. The first-order chi connectivity index (χ1) is 13.7. The number of carbonyl (C=O) groups is 2. The van der Waals surface area contributed by atoms with Gasteiger partial charge in [-0.05, 0) is 56.3 Å². The van der Waals surface area contributed by atoms with Crippen LogP contribution in [0.1, 0.15) is 31.2 Å². The number of piperidine rings is 1. The highest BCUT2D eigenvalue weighted by molar-refractivity contribution is 5.96. The van der Waals surface area contributed by atoms with E-state index in [1.165, 1.54) is 18.4 Å². The van der Waals surface area contributed by atoms with Gasteiger partial charge in [0.25, 0.3) is 0 Å². The quantitative estimate of drug-likeness (QED) is 0.836. The van der Waals surface area contributed by atoms with Gasteiger partial charge in [0.15, 0.2) is 0 Å². The lowest BCUT2D eigenvalue weighted by atomic mass is 9.93. The first kappa shape index (κ1) is 19.4. The molecule has 0 spiro atoms. The molecule has 3 aliphatic rings. The fourth-order valence-corrected chi connectivity index (χ4v) is 4.69. The molecule has 1 N–H and O–H groups in total. The van der Waals surface area contributed by atoms with E-state index < -0.39 is 0 Å². The Morgan fingerprint density at radius 2 is 1.71 bits per heavy atom. The summed E-state index contributed by atoms with van der Waals surface area (Å²) in [5, 5.41) is 3.38. The second kappa shape index (κ2) is 9.05. The Hall–Kier alpha value is -1.92. The maximum Gasteiger partial charge on any atom is 0.241 e. The number of carbonyl (C=O) groups excluding carboxylic acids is 2. The van der Waals surface area contributed by atoms with Gasteiger partial charge in [0, 0.05) is 44.8 Å². The summed E-state index contributed by atoms with van der Waals surface area (Å²) in [4.78, 5) is 31.4. The molecule has 3 heterocycles. The number of piperazine rings is 1. The predicted molar refractivity (Wildman–Crippen MR) is 110 cm³/mol. The van der Waals surface area contributed by atoms with Crippen LogP contribution in [-0.2, 0) is 16.0 Å². The number of anilines is 1. The van der Waals surface area contributed by atoms with Gasteiger partial charge < -0.3 is 15.1 Å². The van der Waals surface area contributed by atoms with E-state index in [1.807, 2.05) is 28.0 Å². The molecule has 2 fully saturated rings. The Balaban J connectivity index is 1.20. The van der Waals surface area contributed by atoms with Crippen LogP contribution in [0.2, 0.25) is 0 Å². The molecule has 6 nitrogen and oxygen atoms in total. The van der Waals surface area contributed by atoms with Crippen molar-refractivity contribution >= 4 is 17.5 Å². The number of hydrogen-bond acceptors (Lipinski definition) is 4. The van der Waals surface area contributed by atoms with Gasteiger partial charge in [0.1, 0.15) is 0 Å². The first-order valence-corrected chi connectivity index (χ1v) is 10.8. The molecule has 1 aromatic carbocycles. The molecule has 4 rings (SSSR count). The molecule has 0 bridgehead atoms. The fraction of sp³-hybridized carbons (Fsp3) is 0.636. The standard InChI is InChI=1S/C22H32N4O2/c27-21(6-5-18-7-10-23-11-8-18)25-15-13-24(14-16-25)17-22(28)26-12-9-19-3-1-2-4-20(19)26/h1-4,18,23H,5-17H2. The van der Waals surface area contributed by atoms with Crippen molar-refractivity contribution in [2.75, 3.05) is 57.3 Å². The predicted octanol–water partition coefficient (Wildman–Crippen LogP) is 1.50. The van der Waals surface area contributed by atoms with Crippen molar-refractivity contribution in [3.63, 3.8) is 0 Å². The van der Waals surface area contributed by atoms with Crippen molar-refractivity contribution in [3.8, 4) is 0 Å². The Kier molecular flexibility index (Phi) is 6.27. The van der Waals surface area contributed by atoms with E-state index in [4.69, 9.17) is 0 Å². The SMILES string of the molecule is O=C(CCC1CCNCC1)N1CCN(CC(=O)N2CCc3ccccc32)CC1. The van der Waals surface area contributed by atoms with Crippen LogP contribution in [0.15, 0.2) is 24.3 Å². The van der Waals surface area contributed by atoms with Gasteiger partial charge in [-0.3, -0.25) is 14.5 Å². The van der Waals surface area contributed by atoms with Gasteiger partial charge in [-0.25, -0.2) is 0 Å². The summed E-state index contributed by atoms with van der Waals surface area (Å²) < 4.78 is 0. The first-order valence-electron chi connectivity index (χ1n) is 10.8. The average Bonchev–Trinajstić information content (AvgIpc) is 3.18. The average molecular weight is 385 g/mol. The maximum absolute atomic E-state index is 12.8. The molecule has 0 radical (unpaired) electrons. The van der Waals surface area contributed by atoms with Gasteiger partial charge in [-0.2, -0.15) is 0 Å². The van der Waals surface area contributed by atoms with Crippen LogP contribution >= 0.6 is 0 Å². The number of nitrogens with zero attached hydrogens (tertiary/aromatic N) is 3. The molecule has 0 saturated carbocycles. The lowest BCUT2D eigenvalue weighted by Gasteiger charge is -2.35. The van der Waals surface area contributed by atoms with Crippen LogP contribution in [0.25, 0.3) is 0 Å². The van der Waals surface area contributed by atoms with Crippen molar-refractivity contribution in [1.82, 2.24) is 15.1 Å². The van der Waals surface area contributed by atoms with Gasteiger partial charge in [0.05, 0.1) is 6.54 Å². The molecule has 28 heavy (non-hydrogen) atoms. The zero-order valence-electron chi connectivity index (χ0n) is 16.7. The third-order valence-electron chi connectivity index (χ3n) is 6.50. The van der Waals surface area contributed by atoms with Crippen LogP contribution in [0, 0.1) is 5.92 Å². The Morgan fingerprint density at radius 3 is 2.50 bits per heavy atom. The molecule has 0 aliphatic carbocycles. The molecule has 0 unspecified atom stereocenters. The Labute approximate surface area is 167 Å². The second-order valence-electron chi connectivity index (χ2n) is 8.31. The summed E-state index contributed by atoms with van der Waals surface area (Å²) in [7, 11) is 0. The minimum atomic E-state index is 0.177. The topological polar surface area (TPSA) is 55.9 Å². The van der Waals surface area contributed by atoms with E-state index >= 15 is 0 Å². The smallest absolute Gasteiger partial charge is 0.241 e. The highest BCUT2D eigenvalue weighted by Crippen LogP contribution is 2.27. The summed E-state index contributed by atoms with van der Waals surface area (Å²) in [6.45, 7) is 6.49. The summed E-state index contributed by atoms with van der Waals surface area (Å²) in [6, 6.07) is 8.18. The Bertz CT molecular complexity index is 694. The molecule has 1 aromatic rings. The highest BCUT2D eigenvalue weighted by Gasteiger charge is 2.28. The van der Waals surface area contributed by atoms with Crippen molar-refractivity contribution in [2.24, 2.45) is 5.92 Å². The lowest BCUT2D eigenvalue weighted by molar-refractivity contribution is -0.133. The molecule has 6 heteroatoms. The van der Waals surface area contributed by atoms with Gasteiger partial charge in [-0.15, -0.1) is 0 Å². The van der Waals surface area contributed by atoms with Crippen molar-refractivity contribution in [3.05, 3.63) is 29.8 Å². The van der Waals surface area contributed by atoms with E-state index in [0.717, 1.165) is 64.3 Å². The summed E-state index contributed by atoms with van der Waals surface area (Å²) >= 11 is 0. The number of rotatable bonds is 5. The van der Waals surface area contributed by atoms with E-state index in [-0.39, 0.29) is 11.8 Å². The van der Waals surface area contributed by atoms with Gasteiger partial charge in [-0.1, -0.05) is 18.2 Å². The third-order valence-corrected chi connectivity index (χ3v) is 6.50. The molecule has 152 valence electrons. The minimum absolute atomic E-state index is 0.177. The van der Waals surface area contributed by atoms with E-state index in [1.54, 1.807) is 0 Å². The number of hydrogen-bond donors (Lipinski definition) is 1. The van der Waals surface area contributed by atoms with Gasteiger partial charge in [0.2, 0.25) is 11.8 Å². The van der Waals surface area contributed by atoms with Crippen LogP contribution in [0.3, 0.4) is 0 Å². The monoisotopic (exact) mass is 384 g/mol. The van der Waals surface area contributed by atoms with Crippen LogP contribution < -0.4 is 10.2 Å². The zero-order chi connectivity index (χ0) is 19.3. The molecule has 0 atom stereocenters. The lowest BCUT2D eigenvalue weighted by Crippen LogP contribution is -2.51. The summed E-state index contributed by atoms with van der Waals surface area (Å²) in [6.07, 6.45) is 5.04. The van der Waals surface area contributed by atoms with Crippen LogP contribution in [0.5, 0.6) is 0 Å². The summed E-state index contributed by atoms with van der Waals surface area (Å²) in [5.41, 5.74) is 2.33. The fourth-order valence-electron chi connectivity index (χ4n) is 4.69. The van der Waals surface area contributed by atoms with Crippen molar-refractivity contribution < 1.29 is 9.59 Å². The normalized spacial score (nSPS) is 21.0. The maximum atomic E-state index is 12.8. The summed E-state index contributed by atoms with van der Waals surface area (Å²) in [5.74, 6) is 1.17. The van der Waals surface area contributed by atoms with Crippen molar-refractivity contribution in [2.45, 2.75) is 32.1 Å². The minimum Gasteiger partial charge on any atom is -0.340 e. The van der Waals surface area contributed by atoms with Crippen LogP contribution in [-0.4, -0.2) is 74.0 Å². The van der Waals surface area contributed by atoms with E-state index in [0.29, 0.717) is 18.9 Å². The number of para-hydroxylation sites is 1. The molecular weight excluding hydrogens is 352 g/mol. The molecule has 2 amide bonds. The number of nitrogens with one attached hydrogen (secondary N) is 1. The largest absolute Gasteiger partial charge is 0.340 e. The molecule has 3 aliphatic heterocycles. The number of amides is 2. The van der Waals surface area contributed by atoms with E-state index in [2.05, 4.69) is 16.3 Å². The zero-order valence-corrected chi connectivity index (χ0v) is 16.7. The molecule has 2 saturated heterocycles. The van der Waals surface area contributed by atoms with E-state index in [9.17, 15) is 9.59 Å². The van der Waals surface area contributed by atoms with Crippen molar-refractivity contribution in [1.29, 1.82) is 0 Å². The molecular formula is C22H32N4O2.